The Labute approximate surface area is 143 Å². The van der Waals surface area contributed by atoms with Crippen LogP contribution in [0, 0.1) is 5.92 Å². The van der Waals surface area contributed by atoms with Gasteiger partial charge in [0.15, 0.2) is 0 Å². The van der Waals surface area contributed by atoms with Crippen LogP contribution in [-0.4, -0.2) is 47.9 Å². The minimum absolute atomic E-state index is 0.0974. The monoisotopic (exact) mass is 330 g/mol. The van der Waals surface area contributed by atoms with Gasteiger partial charge in [0, 0.05) is 38.3 Å². The molecule has 2 aliphatic rings. The maximum Gasteiger partial charge on any atom is 0.251 e. The molecule has 6 nitrogen and oxygen atoms in total. The first-order valence-corrected chi connectivity index (χ1v) is 8.88. The number of nitrogens with zero attached hydrogens (tertiary/aromatic N) is 2. The fourth-order valence-corrected chi connectivity index (χ4v) is 3.70. The quantitative estimate of drug-likeness (QED) is 0.866. The zero-order valence-corrected chi connectivity index (χ0v) is 14.3. The van der Waals surface area contributed by atoms with Gasteiger partial charge < -0.3 is 15.5 Å². The predicted molar refractivity (Wildman–Crippen MR) is 92.8 cm³/mol. The molecule has 1 atom stereocenters. The summed E-state index contributed by atoms with van der Waals surface area (Å²) in [4.78, 5) is 30.7. The van der Waals surface area contributed by atoms with Crippen LogP contribution < -0.4 is 10.6 Å². The molecule has 24 heavy (non-hydrogen) atoms. The Morgan fingerprint density at radius 2 is 2.12 bits per heavy atom. The number of nitrogens with one attached hydrogen (secondary N) is 2. The van der Waals surface area contributed by atoms with Gasteiger partial charge in [-0.3, -0.25) is 9.59 Å². The van der Waals surface area contributed by atoms with Crippen molar-refractivity contribution in [1.82, 2.24) is 15.2 Å². The number of hydrogen-bond donors (Lipinski definition) is 2. The summed E-state index contributed by atoms with van der Waals surface area (Å²) in [6.07, 6.45) is 8.35. The number of amides is 2. The smallest absolute Gasteiger partial charge is 0.251 e. The summed E-state index contributed by atoms with van der Waals surface area (Å²) in [5.74, 6) is 1.31. The highest BCUT2D eigenvalue weighted by atomic mass is 16.2. The summed E-state index contributed by atoms with van der Waals surface area (Å²) in [5.41, 5.74) is 0.563. The van der Waals surface area contributed by atoms with Gasteiger partial charge in [-0.25, -0.2) is 4.98 Å². The van der Waals surface area contributed by atoms with Gasteiger partial charge in [0.05, 0.1) is 6.04 Å². The van der Waals surface area contributed by atoms with Crippen molar-refractivity contribution in [2.24, 2.45) is 5.92 Å². The number of likely N-dealkylation sites (tertiary alicyclic amines) is 1. The Kier molecular flexibility index (Phi) is 5.33. The lowest BCUT2D eigenvalue weighted by molar-refractivity contribution is -0.128. The van der Waals surface area contributed by atoms with Gasteiger partial charge in [-0.05, 0) is 30.9 Å². The number of carbonyl (C=O) groups is 2. The van der Waals surface area contributed by atoms with Crippen LogP contribution >= 0.6 is 0 Å². The first kappa shape index (κ1) is 16.7. The Hall–Kier alpha value is -2.11. The van der Waals surface area contributed by atoms with Crippen molar-refractivity contribution >= 4 is 17.6 Å². The minimum Gasteiger partial charge on any atom is -0.373 e. The first-order valence-electron chi connectivity index (χ1n) is 8.88. The molecule has 1 saturated carbocycles. The highest BCUT2D eigenvalue weighted by molar-refractivity contribution is 5.95. The molecule has 3 rings (SSSR count). The third-order valence-corrected chi connectivity index (χ3v) is 5.03. The fourth-order valence-electron chi connectivity index (χ4n) is 3.70. The zero-order valence-electron chi connectivity index (χ0n) is 14.3. The molecule has 2 fully saturated rings. The highest BCUT2D eigenvalue weighted by Gasteiger charge is 2.32. The van der Waals surface area contributed by atoms with Crippen LogP contribution in [0.4, 0.5) is 5.82 Å². The highest BCUT2D eigenvalue weighted by Crippen LogP contribution is 2.26. The van der Waals surface area contributed by atoms with E-state index in [-0.39, 0.29) is 17.9 Å². The molecule has 2 N–H and O–H groups in total. The van der Waals surface area contributed by atoms with Gasteiger partial charge in [0.2, 0.25) is 5.91 Å². The molecule has 0 aromatic carbocycles. The molecule has 1 unspecified atom stereocenters. The van der Waals surface area contributed by atoms with E-state index in [1.54, 1.807) is 25.4 Å². The number of carbonyl (C=O) groups excluding carboxylic acids is 2. The van der Waals surface area contributed by atoms with Crippen molar-refractivity contribution in [3.05, 3.63) is 23.9 Å². The topological polar surface area (TPSA) is 74.3 Å². The van der Waals surface area contributed by atoms with Crippen LogP contribution in [0.25, 0.3) is 0 Å². The van der Waals surface area contributed by atoms with E-state index in [9.17, 15) is 9.59 Å². The molecule has 1 aromatic heterocycles. The molecule has 0 radical (unpaired) electrons. The Morgan fingerprint density at radius 1 is 1.33 bits per heavy atom. The van der Waals surface area contributed by atoms with Gasteiger partial charge in [-0.15, -0.1) is 0 Å². The second-order valence-electron chi connectivity index (χ2n) is 6.86. The molecule has 6 heteroatoms. The Morgan fingerprint density at radius 3 is 2.88 bits per heavy atom. The maximum absolute atomic E-state index is 12.4. The molecule has 0 bridgehead atoms. The molecular formula is C18H26N4O2. The lowest BCUT2D eigenvalue weighted by atomic mass is 9.89. The average Bonchev–Trinajstić information content (AvgIpc) is 2.95. The second-order valence-corrected chi connectivity index (χ2v) is 6.86. The number of anilines is 1. The number of pyridine rings is 1. The van der Waals surface area contributed by atoms with Crippen LogP contribution in [0.5, 0.6) is 0 Å². The third-order valence-electron chi connectivity index (χ3n) is 5.03. The van der Waals surface area contributed by atoms with Crippen LogP contribution in [0.2, 0.25) is 0 Å². The minimum atomic E-state index is -0.147. The number of hydrogen-bond acceptors (Lipinski definition) is 4. The van der Waals surface area contributed by atoms with Crippen molar-refractivity contribution in [2.45, 2.75) is 44.6 Å². The summed E-state index contributed by atoms with van der Waals surface area (Å²) in [6.45, 7) is 1.48. The van der Waals surface area contributed by atoms with Gasteiger partial charge >= 0.3 is 0 Å². The molecule has 1 aliphatic heterocycles. The summed E-state index contributed by atoms with van der Waals surface area (Å²) < 4.78 is 0. The largest absolute Gasteiger partial charge is 0.373 e. The molecule has 2 amide bonds. The van der Waals surface area contributed by atoms with E-state index < -0.39 is 0 Å². The number of rotatable bonds is 5. The van der Waals surface area contributed by atoms with E-state index in [1.165, 1.54) is 32.1 Å². The first-order chi connectivity index (χ1) is 11.7. The van der Waals surface area contributed by atoms with E-state index in [0.717, 1.165) is 6.54 Å². The van der Waals surface area contributed by atoms with Gasteiger partial charge in [-0.1, -0.05) is 19.3 Å². The molecule has 1 aliphatic carbocycles. The summed E-state index contributed by atoms with van der Waals surface area (Å²) in [7, 11) is 1.77. The van der Waals surface area contributed by atoms with E-state index in [0.29, 0.717) is 30.3 Å². The molecular weight excluding hydrogens is 304 g/mol. The Balaban J connectivity index is 1.54. The average molecular weight is 330 g/mol. The third kappa shape index (κ3) is 4.04. The van der Waals surface area contributed by atoms with Gasteiger partial charge in [0.25, 0.3) is 5.91 Å². The molecule has 1 saturated heterocycles. The lowest BCUT2D eigenvalue weighted by Crippen LogP contribution is -2.38. The SMILES string of the molecule is CNc1cc(C(=O)NC2CC(=O)N(CC3CCCCC3)C2)ccn1. The van der Waals surface area contributed by atoms with E-state index in [2.05, 4.69) is 15.6 Å². The molecule has 0 spiro atoms. The van der Waals surface area contributed by atoms with E-state index in [1.807, 2.05) is 4.90 Å². The second kappa shape index (κ2) is 7.64. The summed E-state index contributed by atoms with van der Waals surface area (Å²) in [5, 5.41) is 5.91. The maximum atomic E-state index is 12.4. The Bertz CT molecular complexity index is 598. The zero-order chi connectivity index (χ0) is 16.9. The number of aromatic nitrogens is 1. The van der Waals surface area contributed by atoms with Gasteiger partial charge in [-0.2, -0.15) is 0 Å². The van der Waals surface area contributed by atoms with E-state index in [4.69, 9.17) is 0 Å². The molecule has 1 aromatic rings. The standard InChI is InChI=1S/C18H26N4O2/c1-19-16-9-14(7-8-20-16)18(24)21-15-10-17(23)22(12-15)11-13-5-3-2-4-6-13/h7-9,13,15H,2-6,10-12H2,1H3,(H,19,20)(H,21,24). The van der Waals surface area contributed by atoms with E-state index >= 15 is 0 Å². The lowest BCUT2D eigenvalue weighted by Gasteiger charge is -2.27. The summed E-state index contributed by atoms with van der Waals surface area (Å²) in [6, 6.07) is 3.30. The van der Waals surface area contributed by atoms with Crippen molar-refractivity contribution in [2.75, 3.05) is 25.5 Å². The van der Waals surface area contributed by atoms with Gasteiger partial charge in [0.1, 0.15) is 5.82 Å². The summed E-state index contributed by atoms with van der Waals surface area (Å²) >= 11 is 0. The molecule has 2 heterocycles. The molecule has 130 valence electrons. The van der Waals surface area contributed by atoms with Crippen LogP contribution in [0.3, 0.4) is 0 Å². The van der Waals surface area contributed by atoms with Crippen molar-refractivity contribution in [1.29, 1.82) is 0 Å². The van der Waals surface area contributed by atoms with Crippen molar-refractivity contribution < 1.29 is 9.59 Å². The van der Waals surface area contributed by atoms with Crippen LogP contribution in [0.1, 0.15) is 48.9 Å². The van der Waals surface area contributed by atoms with Crippen molar-refractivity contribution in [3.8, 4) is 0 Å². The fraction of sp³-hybridized carbons (Fsp3) is 0.611. The van der Waals surface area contributed by atoms with Crippen LogP contribution in [-0.2, 0) is 4.79 Å². The van der Waals surface area contributed by atoms with Crippen LogP contribution in [0.15, 0.2) is 18.3 Å². The van der Waals surface area contributed by atoms with Crippen molar-refractivity contribution in [3.63, 3.8) is 0 Å². The predicted octanol–water partition coefficient (Wildman–Crippen LogP) is 2.03. The normalized spacial score (nSPS) is 21.8.